The molecule has 4 atom stereocenters. The first-order valence-corrected chi connectivity index (χ1v) is 20.0. The van der Waals surface area contributed by atoms with Gasteiger partial charge in [0.25, 0.3) is 5.91 Å². The second kappa shape index (κ2) is 17.1. The molecule has 3 heterocycles. The Labute approximate surface area is 336 Å². The lowest BCUT2D eigenvalue weighted by Gasteiger charge is -2.42. The molecule has 57 heavy (non-hydrogen) atoms. The van der Waals surface area contributed by atoms with E-state index in [9.17, 15) is 37.6 Å². The fourth-order valence-corrected chi connectivity index (χ4v) is 9.41. The van der Waals surface area contributed by atoms with Crippen molar-refractivity contribution in [1.82, 2.24) is 15.1 Å². The lowest BCUT2D eigenvalue weighted by molar-refractivity contribution is -0.138. The van der Waals surface area contributed by atoms with E-state index in [1.54, 1.807) is 38.1 Å². The van der Waals surface area contributed by atoms with Crippen LogP contribution in [0.4, 0.5) is 30.2 Å². The van der Waals surface area contributed by atoms with Crippen molar-refractivity contribution in [2.45, 2.75) is 127 Å². The first kappa shape index (κ1) is 42.0. The Morgan fingerprint density at radius 1 is 1.02 bits per heavy atom. The number of anilines is 3. The van der Waals surface area contributed by atoms with Crippen molar-refractivity contribution in [2.75, 3.05) is 28.7 Å². The van der Waals surface area contributed by atoms with Crippen LogP contribution in [-0.4, -0.2) is 87.5 Å². The summed E-state index contributed by atoms with van der Waals surface area (Å²) in [4.78, 5) is 55.6. The number of nitriles is 1. The minimum Gasteiger partial charge on any atom is -0.378 e. The molecule has 4 fully saturated rings. The molecule has 2 aromatic rings. The lowest BCUT2D eigenvalue weighted by Crippen LogP contribution is -2.51. The number of imide groups is 1. The van der Waals surface area contributed by atoms with Gasteiger partial charge in [0.15, 0.2) is 5.11 Å². The largest absolute Gasteiger partial charge is 0.417 e. The molecular formula is C41H50F3N7O5S. The molecule has 16 heteroatoms. The van der Waals surface area contributed by atoms with Crippen molar-refractivity contribution in [3.05, 3.63) is 53.6 Å². The number of nitrogens with zero attached hydrogens (tertiary/aromatic N) is 4. The fraction of sp³-hybridized carbons (Fsp3) is 0.561. The molecule has 0 radical (unpaired) electrons. The maximum Gasteiger partial charge on any atom is 0.417 e. The topological polar surface area (TPSA) is 147 Å². The van der Waals surface area contributed by atoms with Crippen molar-refractivity contribution in [2.24, 2.45) is 5.92 Å². The number of alkyl halides is 3. The molecule has 306 valence electrons. The molecule has 1 aliphatic carbocycles. The van der Waals surface area contributed by atoms with Crippen LogP contribution in [0.2, 0.25) is 0 Å². The van der Waals surface area contributed by atoms with Crippen LogP contribution in [0.1, 0.15) is 96.6 Å². The van der Waals surface area contributed by atoms with E-state index in [1.165, 1.54) is 11.0 Å². The number of hydrogen-bond donors (Lipinski definition) is 3. The third kappa shape index (κ3) is 9.42. The van der Waals surface area contributed by atoms with Crippen molar-refractivity contribution in [3.63, 3.8) is 0 Å². The Bertz CT molecular complexity index is 1920. The number of likely N-dealkylation sites (tertiary alicyclic amines) is 1. The van der Waals surface area contributed by atoms with Gasteiger partial charge in [-0.3, -0.25) is 34.3 Å². The summed E-state index contributed by atoms with van der Waals surface area (Å²) in [5.74, 6) is -0.749. The highest BCUT2D eigenvalue weighted by atomic mass is 32.1. The number of carbonyl (C=O) groups excluding carboxylic acids is 4. The zero-order valence-corrected chi connectivity index (χ0v) is 33.5. The van der Waals surface area contributed by atoms with Gasteiger partial charge in [-0.2, -0.15) is 18.4 Å². The summed E-state index contributed by atoms with van der Waals surface area (Å²) in [5, 5.41) is 17.9. The predicted octanol–water partition coefficient (Wildman–Crippen LogP) is 6.35. The quantitative estimate of drug-likeness (QED) is 0.173. The SMILES string of the molecule is C[C@@H]1C[C@H](OCCC2CCC(N3C(=S)N(c4ccc(C#N)c(C(F)(F)F)c4)C(=O)C3(C)C)CC2)C[C@H](C)N1CC(=O)Nc1cccc(NC2CCC(=O)NC2=O)c1. The van der Waals surface area contributed by atoms with Crippen molar-refractivity contribution in [1.29, 1.82) is 5.26 Å². The molecule has 12 nitrogen and oxygen atoms in total. The molecule has 4 aliphatic rings. The van der Waals surface area contributed by atoms with Crippen LogP contribution in [0.15, 0.2) is 42.5 Å². The van der Waals surface area contributed by atoms with Crippen LogP contribution in [-0.2, 0) is 30.1 Å². The summed E-state index contributed by atoms with van der Waals surface area (Å²) in [7, 11) is 0. The first-order chi connectivity index (χ1) is 27.0. The van der Waals surface area contributed by atoms with E-state index in [0.29, 0.717) is 30.3 Å². The number of amides is 4. The van der Waals surface area contributed by atoms with Crippen molar-refractivity contribution in [3.8, 4) is 6.07 Å². The number of rotatable bonds is 11. The molecular weight excluding hydrogens is 760 g/mol. The number of carbonyl (C=O) groups is 4. The number of hydrogen-bond acceptors (Lipinski definition) is 9. The number of benzene rings is 2. The molecule has 1 saturated carbocycles. The highest BCUT2D eigenvalue weighted by Gasteiger charge is 2.52. The van der Waals surface area contributed by atoms with Crippen LogP contribution >= 0.6 is 12.2 Å². The summed E-state index contributed by atoms with van der Waals surface area (Å²) in [6, 6.07) is 11.7. The first-order valence-electron chi connectivity index (χ1n) is 19.6. The minimum absolute atomic E-state index is 0.000615. The van der Waals surface area contributed by atoms with E-state index >= 15 is 0 Å². The number of thiocarbonyl (C=S) groups is 1. The van der Waals surface area contributed by atoms with Gasteiger partial charge in [0.1, 0.15) is 11.6 Å². The van der Waals surface area contributed by atoms with Gasteiger partial charge < -0.3 is 20.3 Å². The standard InChI is InChI=1S/C41H50F3N7O5S/c1-24-18-32(19-25(2)49(24)23-36(53)47-29-7-5-6-28(20-29)46-34-14-15-35(52)48-37(34)54)56-17-16-26-8-11-30(12-9-26)51-39(57)50(38(55)40(51,3)4)31-13-10-27(22-45)33(21-31)41(42,43)44/h5-7,10,13,20-21,24-26,30,32,34,46H,8-9,11-12,14-19,23H2,1-4H3,(H,47,53)(H,48,52,54)/t24-,25+,26?,30?,32+,34?. The van der Waals surface area contributed by atoms with Crippen molar-refractivity contribution < 1.29 is 37.1 Å². The molecule has 3 saturated heterocycles. The van der Waals surface area contributed by atoms with Gasteiger partial charge in [-0.15, -0.1) is 0 Å². The van der Waals surface area contributed by atoms with Gasteiger partial charge in [-0.25, -0.2) is 0 Å². The third-order valence-corrected chi connectivity index (χ3v) is 12.2. The zero-order chi connectivity index (χ0) is 41.2. The molecule has 0 spiro atoms. The number of halogens is 3. The third-order valence-electron chi connectivity index (χ3n) is 11.9. The van der Waals surface area contributed by atoms with Crippen LogP contribution in [0.25, 0.3) is 0 Å². The predicted molar refractivity (Wildman–Crippen MR) is 212 cm³/mol. The van der Waals surface area contributed by atoms with Crippen molar-refractivity contribution >= 4 is 58.0 Å². The maximum absolute atomic E-state index is 13.7. The Morgan fingerprint density at radius 2 is 1.70 bits per heavy atom. The van der Waals surface area contributed by atoms with Crippen LogP contribution in [0.5, 0.6) is 0 Å². The number of ether oxygens (including phenoxy) is 1. The monoisotopic (exact) mass is 809 g/mol. The highest BCUT2D eigenvalue weighted by molar-refractivity contribution is 7.80. The zero-order valence-electron chi connectivity index (χ0n) is 32.7. The fourth-order valence-electron chi connectivity index (χ4n) is 8.84. The van der Waals surface area contributed by atoms with Crippen LogP contribution < -0.4 is 20.9 Å². The molecule has 2 aromatic carbocycles. The van der Waals surface area contributed by atoms with Gasteiger partial charge in [0, 0.05) is 42.5 Å². The van der Waals surface area contributed by atoms with Gasteiger partial charge in [-0.1, -0.05) is 6.07 Å². The average Bonchev–Trinajstić information content (AvgIpc) is 3.32. The number of nitrogens with one attached hydrogen (secondary N) is 3. The van der Waals surface area contributed by atoms with Gasteiger partial charge in [0.2, 0.25) is 17.7 Å². The molecule has 3 N–H and O–H groups in total. The Morgan fingerprint density at radius 3 is 2.35 bits per heavy atom. The molecule has 4 amide bonds. The summed E-state index contributed by atoms with van der Waals surface area (Å²) < 4.78 is 47.6. The average molecular weight is 810 g/mol. The summed E-state index contributed by atoms with van der Waals surface area (Å²) in [6.07, 6.45) is 1.85. The number of piperidine rings is 2. The summed E-state index contributed by atoms with van der Waals surface area (Å²) in [6.45, 7) is 8.56. The molecule has 3 aliphatic heterocycles. The molecule has 6 rings (SSSR count). The normalized spacial score (nSPS) is 26.9. The van der Waals surface area contributed by atoms with Gasteiger partial charge >= 0.3 is 6.18 Å². The second-order valence-electron chi connectivity index (χ2n) is 16.3. The molecule has 0 bridgehead atoms. The summed E-state index contributed by atoms with van der Waals surface area (Å²) >= 11 is 5.75. The van der Waals surface area contributed by atoms with E-state index in [2.05, 4.69) is 34.7 Å². The van der Waals surface area contributed by atoms with E-state index < -0.39 is 34.8 Å². The van der Waals surface area contributed by atoms with Crippen LogP contribution in [0.3, 0.4) is 0 Å². The molecule has 0 aromatic heterocycles. The maximum atomic E-state index is 13.7. The van der Waals surface area contributed by atoms with Gasteiger partial charge in [0.05, 0.1) is 35.5 Å². The van der Waals surface area contributed by atoms with E-state index in [4.69, 9.17) is 17.0 Å². The lowest BCUT2D eigenvalue weighted by atomic mass is 9.82. The van der Waals surface area contributed by atoms with E-state index in [-0.39, 0.29) is 65.7 Å². The summed E-state index contributed by atoms with van der Waals surface area (Å²) in [5.41, 5.74) is -1.38. The molecule has 1 unspecified atom stereocenters. The Balaban J connectivity index is 0.943. The van der Waals surface area contributed by atoms with E-state index in [1.807, 2.05) is 11.0 Å². The van der Waals surface area contributed by atoms with Crippen LogP contribution in [0, 0.1) is 17.2 Å². The van der Waals surface area contributed by atoms with Gasteiger partial charge in [-0.05, 0) is 134 Å². The minimum atomic E-state index is -4.76. The Hall–Kier alpha value is -4.59. The smallest absolute Gasteiger partial charge is 0.378 e. The second-order valence-corrected chi connectivity index (χ2v) is 16.6. The highest BCUT2D eigenvalue weighted by Crippen LogP contribution is 2.41. The Kier molecular flexibility index (Phi) is 12.6. The van der Waals surface area contributed by atoms with E-state index in [0.717, 1.165) is 57.1 Å².